The third-order valence-electron chi connectivity index (χ3n) is 4.72. The normalized spacial score (nSPS) is 22.4. The molecule has 2 unspecified atom stereocenters. The smallest absolute Gasteiger partial charge is 0.358 e. The van der Waals surface area contributed by atoms with Crippen LogP contribution in [0.15, 0.2) is 11.1 Å². The highest BCUT2D eigenvalue weighted by molar-refractivity contribution is 7.89. The first-order valence-electron chi connectivity index (χ1n) is 8.02. The lowest BCUT2D eigenvalue weighted by molar-refractivity contribution is -0.392. The Bertz CT molecular complexity index is 670. The van der Waals surface area contributed by atoms with Gasteiger partial charge in [0.25, 0.3) is 10.0 Å². The number of hydrogen-bond donors (Lipinski definition) is 0. The van der Waals surface area contributed by atoms with Gasteiger partial charge in [-0.1, -0.05) is 26.2 Å². The maximum atomic E-state index is 12.9. The van der Waals surface area contributed by atoms with E-state index in [-0.39, 0.29) is 10.9 Å². The molecule has 23 heavy (non-hydrogen) atoms. The number of rotatable bonds is 6. The van der Waals surface area contributed by atoms with E-state index in [4.69, 9.17) is 0 Å². The van der Waals surface area contributed by atoms with Crippen LogP contribution in [0.5, 0.6) is 0 Å². The molecular formula is C14H24N4O4S. The molecule has 1 saturated carbocycles. The average molecular weight is 344 g/mol. The molecule has 0 saturated heterocycles. The lowest BCUT2D eigenvalue weighted by Gasteiger charge is -2.36. The highest BCUT2D eigenvalue weighted by atomic mass is 32.2. The van der Waals surface area contributed by atoms with Crippen molar-refractivity contribution in [3.05, 3.63) is 16.3 Å². The predicted octanol–water partition coefficient (Wildman–Crippen LogP) is 2.40. The Hall–Kier alpha value is -1.48. The van der Waals surface area contributed by atoms with E-state index in [1.54, 1.807) is 6.92 Å². The second kappa shape index (κ2) is 6.96. The number of nitro groups is 1. The van der Waals surface area contributed by atoms with Crippen molar-refractivity contribution in [1.29, 1.82) is 0 Å². The maximum absolute atomic E-state index is 12.9. The summed E-state index contributed by atoms with van der Waals surface area (Å²) in [7, 11) is -2.41. The van der Waals surface area contributed by atoms with E-state index >= 15 is 0 Å². The highest BCUT2D eigenvalue weighted by Crippen LogP contribution is 2.34. The van der Waals surface area contributed by atoms with Gasteiger partial charge in [0.05, 0.1) is 17.8 Å². The summed E-state index contributed by atoms with van der Waals surface area (Å²) in [5.74, 6) is -0.300. The molecule has 1 aromatic rings. The Balaban J connectivity index is 2.41. The van der Waals surface area contributed by atoms with Crippen molar-refractivity contribution in [2.24, 2.45) is 5.92 Å². The van der Waals surface area contributed by atoms with E-state index in [1.807, 2.05) is 0 Å². The molecular weight excluding hydrogens is 320 g/mol. The Kier molecular flexibility index (Phi) is 5.41. The van der Waals surface area contributed by atoms with Gasteiger partial charge in [-0.05, 0) is 30.6 Å². The van der Waals surface area contributed by atoms with Gasteiger partial charge in [0, 0.05) is 13.1 Å². The number of nitrogens with zero attached hydrogens (tertiary/aromatic N) is 4. The summed E-state index contributed by atoms with van der Waals surface area (Å²) >= 11 is 0. The Labute approximate surface area is 136 Å². The summed E-state index contributed by atoms with van der Waals surface area (Å²) in [6.45, 7) is 4.19. The van der Waals surface area contributed by atoms with Gasteiger partial charge in [-0.25, -0.2) is 8.42 Å². The number of aryl methyl sites for hydroxylation is 1. The molecule has 8 nitrogen and oxygen atoms in total. The van der Waals surface area contributed by atoms with Crippen LogP contribution in [0.25, 0.3) is 0 Å². The summed E-state index contributed by atoms with van der Waals surface area (Å²) in [6.07, 6.45) is 6.05. The lowest BCUT2D eigenvalue weighted by Crippen LogP contribution is -2.43. The monoisotopic (exact) mass is 344 g/mol. The minimum Gasteiger partial charge on any atom is -0.358 e. The van der Waals surface area contributed by atoms with E-state index in [9.17, 15) is 18.5 Å². The molecule has 0 amide bonds. The molecule has 1 aliphatic rings. The predicted molar refractivity (Wildman–Crippen MR) is 85.5 cm³/mol. The third kappa shape index (κ3) is 3.40. The Morgan fingerprint density at radius 1 is 1.39 bits per heavy atom. The van der Waals surface area contributed by atoms with Crippen LogP contribution in [0.4, 0.5) is 5.82 Å². The van der Waals surface area contributed by atoms with Crippen LogP contribution in [0.1, 0.15) is 46.0 Å². The molecule has 1 aromatic heterocycles. The zero-order valence-corrected chi connectivity index (χ0v) is 14.6. The Morgan fingerprint density at radius 3 is 2.61 bits per heavy atom. The number of hydrogen-bond acceptors (Lipinski definition) is 5. The molecule has 0 radical (unpaired) electrons. The molecule has 0 aromatic carbocycles. The minimum absolute atomic E-state index is 0.108. The summed E-state index contributed by atoms with van der Waals surface area (Å²) in [4.78, 5) is 10.1. The van der Waals surface area contributed by atoms with Crippen molar-refractivity contribution in [1.82, 2.24) is 14.1 Å². The molecule has 0 aliphatic heterocycles. The molecule has 0 N–H and O–H groups in total. The van der Waals surface area contributed by atoms with Gasteiger partial charge in [0.1, 0.15) is 0 Å². The van der Waals surface area contributed by atoms with Crippen LogP contribution in [-0.4, -0.2) is 40.5 Å². The van der Waals surface area contributed by atoms with Crippen molar-refractivity contribution in [3.8, 4) is 0 Å². The average Bonchev–Trinajstić information content (AvgIpc) is 2.99. The zero-order valence-electron chi connectivity index (χ0n) is 13.8. The molecule has 1 aliphatic carbocycles. The third-order valence-corrected chi connectivity index (χ3v) is 6.60. The second-order valence-electron chi connectivity index (χ2n) is 5.97. The van der Waals surface area contributed by atoms with Crippen molar-refractivity contribution in [2.75, 3.05) is 7.05 Å². The van der Waals surface area contributed by atoms with E-state index in [0.717, 1.165) is 32.1 Å². The fourth-order valence-corrected chi connectivity index (χ4v) is 4.88. The summed E-state index contributed by atoms with van der Waals surface area (Å²) in [5.41, 5.74) is 0. The molecule has 1 fully saturated rings. The zero-order chi connectivity index (χ0) is 17.2. The SMILES string of the molecule is CCC1CCCCC1N(C)S(=O)(=O)c1cn(CC)nc1[N+](=O)[O-]. The fourth-order valence-electron chi connectivity index (χ4n) is 3.34. The molecule has 2 atom stereocenters. The van der Waals surface area contributed by atoms with Crippen LogP contribution in [0.3, 0.4) is 0 Å². The van der Waals surface area contributed by atoms with E-state index in [1.165, 1.54) is 22.2 Å². The maximum Gasteiger partial charge on any atom is 0.410 e. The minimum atomic E-state index is -3.94. The largest absolute Gasteiger partial charge is 0.410 e. The van der Waals surface area contributed by atoms with Crippen LogP contribution < -0.4 is 0 Å². The summed E-state index contributed by atoms with van der Waals surface area (Å²) in [5, 5.41) is 14.9. The molecule has 130 valence electrons. The van der Waals surface area contributed by atoms with Crippen molar-refractivity contribution in [2.45, 2.75) is 63.4 Å². The van der Waals surface area contributed by atoms with Crippen LogP contribution >= 0.6 is 0 Å². The molecule has 2 rings (SSSR count). The van der Waals surface area contributed by atoms with Crippen LogP contribution in [-0.2, 0) is 16.6 Å². The van der Waals surface area contributed by atoms with Gasteiger partial charge in [0.15, 0.2) is 0 Å². The van der Waals surface area contributed by atoms with Crippen molar-refractivity contribution >= 4 is 15.8 Å². The van der Waals surface area contributed by atoms with Crippen molar-refractivity contribution < 1.29 is 13.3 Å². The van der Waals surface area contributed by atoms with E-state index in [0.29, 0.717) is 12.5 Å². The second-order valence-corrected chi connectivity index (χ2v) is 7.94. The standard InChI is InChI=1S/C14H24N4O4S/c1-4-11-8-6-7-9-12(11)16(3)23(21,22)13-10-17(5-2)15-14(13)18(19)20/h10-12H,4-9H2,1-3H3. The Morgan fingerprint density at radius 2 is 2.04 bits per heavy atom. The van der Waals surface area contributed by atoms with Gasteiger partial charge < -0.3 is 10.1 Å². The van der Waals surface area contributed by atoms with Crippen LogP contribution in [0.2, 0.25) is 0 Å². The van der Waals surface area contributed by atoms with Gasteiger partial charge in [-0.15, -0.1) is 0 Å². The van der Waals surface area contributed by atoms with Gasteiger partial charge in [-0.2, -0.15) is 8.99 Å². The van der Waals surface area contributed by atoms with E-state index in [2.05, 4.69) is 12.0 Å². The molecule has 9 heteroatoms. The molecule has 0 bridgehead atoms. The number of aromatic nitrogens is 2. The molecule has 1 heterocycles. The number of sulfonamides is 1. The van der Waals surface area contributed by atoms with Crippen LogP contribution in [0, 0.1) is 16.0 Å². The topological polar surface area (TPSA) is 98.3 Å². The van der Waals surface area contributed by atoms with Gasteiger partial charge in [0.2, 0.25) is 4.90 Å². The van der Waals surface area contributed by atoms with Gasteiger partial charge >= 0.3 is 5.82 Å². The molecule has 0 spiro atoms. The lowest BCUT2D eigenvalue weighted by atomic mass is 9.83. The van der Waals surface area contributed by atoms with Crippen molar-refractivity contribution in [3.63, 3.8) is 0 Å². The first-order chi connectivity index (χ1) is 10.8. The van der Waals surface area contributed by atoms with Gasteiger partial charge in [-0.3, -0.25) is 0 Å². The highest BCUT2D eigenvalue weighted by Gasteiger charge is 2.39. The first kappa shape index (κ1) is 17.9. The van der Waals surface area contributed by atoms with E-state index < -0.39 is 20.8 Å². The fraction of sp³-hybridized carbons (Fsp3) is 0.786. The summed E-state index contributed by atoms with van der Waals surface area (Å²) in [6, 6.07) is -0.108. The summed E-state index contributed by atoms with van der Waals surface area (Å²) < 4.78 is 28.4. The quantitative estimate of drug-likeness (QED) is 0.583. The first-order valence-corrected chi connectivity index (χ1v) is 9.46.